The number of hydrogen-bond donors (Lipinski definition) is 1. The number of aryl methyl sites for hydroxylation is 1. The van der Waals surface area contributed by atoms with Crippen LogP contribution in [0.2, 0.25) is 0 Å². The Hall–Kier alpha value is -1.94. The van der Waals surface area contributed by atoms with Crippen molar-refractivity contribution in [1.82, 2.24) is 9.55 Å². The van der Waals surface area contributed by atoms with E-state index >= 15 is 0 Å². The van der Waals surface area contributed by atoms with Crippen LogP contribution in [0.4, 0.5) is 5.69 Å². The zero-order valence-corrected chi connectivity index (χ0v) is 13.2. The van der Waals surface area contributed by atoms with Crippen molar-refractivity contribution in [2.75, 3.05) is 12.0 Å². The minimum Gasteiger partial charge on any atom is -0.399 e. The predicted molar refractivity (Wildman–Crippen MR) is 91.3 cm³/mol. The van der Waals surface area contributed by atoms with E-state index in [0.29, 0.717) is 0 Å². The molecule has 0 fully saturated rings. The highest BCUT2D eigenvalue weighted by Gasteiger charge is 2.12. The Kier molecular flexibility index (Phi) is 3.88. The molecule has 1 heterocycles. The van der Waals surface area contributed by atoms with Crippen molar-refractivity contribution in [2.24, 2.45) is 0 Å². The van der Waals surface area contributed by atoms with Gasteiger partial charge in [0.1, 0.15) is 5.82 Å². The number of aromatic nitrogens is 2. The molecule has 3 nitrogen and oxygen atoms in total. The van der Waals surface area contributed by atoms with Gasteiger partial charge in [0.15, 0.2) is 0 Å². The van der Waals surface area contributed by atoms with Crippen LogP contribution in [-0.2, 0) is 6.42 Å². The van der Waals surface area contributed by atoms with Crippen LogP contribution in [0.3, 0.4) is 0 Å². The molecule has 0 bridgehead atoms. The van der Waals surface area contributed by atoms with E-state index in [1.807, 2.05) is 12.1 Å². The molecular formula is C17H19N3S. The normalized spacial score (nSPS) is 11.1. The Bertz CT molecular complexity index is 777. The number of nitrogen functional groups attached to an aromatic ring is 1. The third-order valence-corrected chi connectivity index (χ3v) is 4.26. The lowest BCUT2D eigenvalue weighted by Gasteiger charge is -2.10. The molecule has 4 heteroatoms. The van der Waals surface area contributed by atoms with Crippen LogP contribution in [0.1, 0.15) is 19.2 Å². The van der Waals surface area contributed by atoms with E-state index in [-0.39, 0.29) is 0 Å². The van der Waals surface area contributed by atoms with Crippen LogP contribution in [0.15, 0.2) is 47.4 Å². The summed E-state index contributed by atoms with van der Waals surface area (Å²) in [6, 6.07) is 14.5. The van der Waals surface area contributed by atoms with E-state index in [1.54, 1.807) is 11.8 Å². The smallest absolute Gasteiger partial charge is 0.114 e. The first-order valence-corrected chi connectivity index (χ1v) is 8.36. The fourth-order valence-electron chi connectivity index (χ4n) is 2.58. The van der Waals surface area contributed by atoms with Gasteiger partial charge in [0.25, 0.3) is 0 Å². The highest BCUT2D eigenvalue weighted by Crippen LogP contribution is 2.26. The summed E-state index contributed by atoms with van der Waals surface area (Å²) in [7, 11) is 0. The number of rotatable bonds is 4. The lowest BCUT2D eigenvalue weighted by molar-refractivity contribution is 0.817. The number of anilines is 1. The van der Waals surface area contributed by atoms with Crippen LogP contribution in [0.25, 0.3) is 16.7 Å². The maximum absolute atomic E-state index is 5.89. The van der Waals surface area contributed by atoms with Gasteiger partial charge < -0.3 is 5.73 Å². The van der Waals surface area contributed by atoms with Crippen molar-refractivity contribution in [3.63, 3.8) is 0 Å². The molecule has 0 aliphatic rings. The number of hydrogen-bond acceptors (Lipinski definition) is 3. The number of imidazole rings is 1. The molecule has 0 radical (unpaired) electrons. The third-order valence-electron chi connectivity index (χ3n) is 3.53. The summed E-state index contributed by atoms with van der Waals surface area (Å²) in [5.41, 5.74) is 9.89. The van der Waals surface area contributed by atoms with Gasteiger partial charge in [-0.25, -0.2) is 4.98 Å². The molecule has 0 amide bonds. The SMILES string of the molecule is CCCc1nc2cc(N)ccc2n1-c1cccc(SC)c1. The summed E-state index contributed by atoms with van der Waals surface area (Å²) in [4.78, 5) is 6.03. The third kappa shape index (κ3) is 2.63. The monoisotopic (exact) mass is 297 g/mol. The van der Waals surface area contributed by atoms with E-state index in [2.05, 4.69) is 48.1 Å². The Balaban J connectivity index is 2.25. The van der Waals surface area contributed by atoms with Gasteiger partial charge in [-0.05, 0) is 49.1 Å². The van der Waals surface area contributed by atoms with Gasteiger partial charge in [0.05, 0.1) is 11.0 Å². The van der Waals surface area contributed by atoms with Crippen molar-refractivity contribution < 1.29 is 0 Å². The second-order valence-electron chi connectivity index (χ2n) is 5.06. The molecular weight excluding hydrogens is 278 g/mol. The molecule has 3 aromatic rings. The minimum absolute atomic E-state index is 0.757. The molecule has 0 atom stereocenters. The predicted octanol–water partition coefficient (Wildman–Crippen LogP) is 4.28. The van der Waals surface area contributed by atoms with Gasteiger partial charge in [0.2, 0.25) is 0 Å². The molecule has 108 valence electrons. The quantitative estimate of drug-likeness (QED) is 0.577. The number of thioether (sulfide) groups is 1. The summed E-state index contributed by atoms with van der Waals surface area (Å²) >= 11 is 1.75. The largest absolute Gasteiger partial charge is 0.399 e. The van der Waals surface area contributed by atoms with Crippen LogP contribution in [0, 0.1) is 0 Å². The zero-order chi connectivity index (χ0) is 14.8. The first-order valence-electron chi connectivity index (χ1n) is 7.14. The Morgan fingerprint density at radius 3 is 2.81 bits per heavy atom. The molecule has 1 aromatic heterocycles. The molecule has 0 saturated heterocycles. The highest BCUT2D eigenvalue weighted by atomic mass is 32.2. The fourth-order valence-corrected chi connectivity index (χ4v) is 3.03. The van der Waals surface area contributed by atoms with Gasteiger partial charge in [-0.15, -0.1) is 11.8 Å². The molecule has 3 rings (SSSR count). The van der Waals surface area contributed by atoms with E-state index < -0.39 is 0 Å². The lowest BCUT2D eigenvalue weighted by atomic mass is 10.2. The molecule has 0 unspecified atom stereocenters. The second kappa shape index (κ2) is 5.82. The molecule has 0 aliphatic heterocycles. The minimum atomic E-state index is 0.757. The van der Waals surface area contributed by atoms with Crippen LogP contribution in [-0.4, -0.2) is 15.8 Å². The van der Waals surface area contributed by atoms with Crippen molar-refractivity contribution in [1.29, 1.82) is 0 Å². The van der Waals surface area contributed by atoms with Gasteiger partial charge in [0, 0.05) is 22.7 Å². The van der Waals surface area contributed by atoms with Crippen LogP contribution < -0.4 is 5.73 Å². The van der Waals surface area contributed by atoms with Crippen LogP contribution >= 0.6 is 11.8 Å². The van der Waals surface area contributed by atoms with E-state index in [9.17, 15) is 0 Å². The van der Waals surface area contributed by atoms with Gasteiger partial charge in [-0.1, -0.05) is 13.0 Å². The van der Waals surface area contributed by atoms with Crippen molar-refractivity contribution >= 4 is 28.5 Å². The standard InChI is InChI=1S/C17H19N3S/c1-3-5-17-19-15-10-12(18)8-9-16(15)20(17)13-6-4-7-14(11-13)21-2/h4,6-11H,3,5,18H2,1-2H3. The summed E-state index contributed by atoms with van der Waals surface area (Å²) in [6.45, 7) is 2.18. The average molecular weight is 297 g/mol. The molecule has 0 aliphatic carbocycles. The molecule has 2 N–H and O–H groups in total. The van der Waals surface area contributed by atoms with Crippen LogP contribution in [0.5, 0.6) is 0 Å². The lowest BCUT2D eigenvalue weighted by Crippen LogP contribution is -2.01. The zero-order valence-electron chi connectivity index (χ0n) is 12.3. The van der Waals surface area contributed by atoms with Crippen molar-refractivity contribution in [2.45, 2.75) is 24.7 Å². The van der Waals surface area contributed by atoms with Gasteiger partial charge in [-0.3, -0.25) is 4.57 Å². The molecule has 0 spiro atoms. The van der Waals surface area contributed by atoms with E-state index in [4.69, 9.17) is 10.7 Å². The average Bonchev–Trinajstić information content (AvgIpc) is 2.84. The topological polar surface area (TPSA) is 43.8 Å². The van der Waals surface area contributed by atoms with E-state index in [1.165, 1.54) is 4.90 Å². The highest BCUT2D eigenvalue weighted by molar-refractivity contribution is 7.98. The number of nitrogens with zero attached hydrogens (tertiary/aromatic N) is 2. The molecule has 0 saturated carbocycles. The molecule has 2 aromatic carbocycles. The Labute approximate surface area is 129 Å². The summed E-state index contributed by atoms with van der Waals surface area (Å²) in [6.07, 6.45) is 4.12. The maximum atomic E-state index is 5.89. The first-order chi connectivity index (χ1) is 10.2. The van der Waals surface area contributed by atoms with Crippen molar-refractivity contribution in [3.05, 3.63) is 48.3 Å². The number of fused-ring (bicyclic) bond motifs is 1. The fraction of sp³-hybridized carbons (Fsp3) is 0.235. The molecule has 21 heavy (non-hydrogen) atoms. The van der Waals surface area contributed by atoms with Gasteiger partial charge in [-0.2, -0.15) is 0 Å². The van der Waals surface area contributed by atoms with Crippen molar-refractivity contribution in [3.8, 4) is 5.69 Å². The number of nitrogens with two attached hydrogens (primary N) is 1. The second-order valence-corrected chi connectivity index (χ2v) is 5.94. The summed E-state index contributed by atoms with van der Waals surface area (Å²) in [5, 5.41) is 0. The first kappa shape index (κ1) is 14.0. The van der Waals surface area contributed by atoms with E-state index in [0.717, 1.165) is 41.1 Å². The summed E-state index contributed by atoms with van der Waals surface area (Å²) < 4.78 is 2.25. The van der Waals surface area contributed by atoms with Gasteiger partial charge >= 0.3 is 0 Å². The maximum Gasteiger partial charge on any atom is 0.114 e. The Morgan fingerprint density at radius 1 is 1.19 bits per heavy atom. The summed E-state index contributed by atoms with van der Waals surface area (Å²) in [5.74, 6) is 1.09. The number of benzene rings is 2. The Morgan fingerprint density at radius 2 is 2.05 bits per heavy atom.